The van der Waals surface area contributed by atoms with E-state index in [1.165, 1.54) is 7.11 Å². The molecule has 0 aliphatic rings. The van der Waals surface area contributed by atoms with E-state index in [1.807, 2.05) is 32.1 Å². The lowest BCUT2D eigenvalue weighted by Crippen LogP contribution is -2.31. The topological polar surface area (TPSA) is 136 Å². The van der Waals surface area contributed by atoms with Crippen LogP contribution in [0.25, 0.3) is 0 Å². The molecule has 0 spiro atoms. The highest BCUT2D eigenvalue weighted by molar-refractivity contribution is 6.00. The Labute approximate surface area is 193 Å². The van der Waals surface area contributed by atoms with Gasteiger partial charge in [0.25, 0.3) is 0 Å². The summed E-state index contributed by atoms with van der Waals surface area (Å²) in [5, 5.41) is 26.1. The number of nitrogens with one attached hydrogen (secondary N) is 3. The quantitative estimate of drug-likeness (QED) is 0.519. The number of benzene rings is 2. The number of ether oxygens (including phenoxy) is 2. The minimum atomic E-state index is -0.604. The molecule has 2 rings (SSSR count). The predicted molar refractivity (Wildman–Crippen MR) is 124 cm³/mol. The molecule has 2 atom stereocenters. The lowest BCUT2D eigenvalue weighted by atomic mass is 10.0. The van der Waals surface area contributed by atoms with E-state index in [0.29, 0.717) is 29.1 Å². The summed E-state index contributed by atoms with van der Waals surface area (Å²) < 4.78 is 10.4. The largest absolute Gasteiger partial charge is 0.495 e. The fourth-order valence-electron chi connectivity index (χ4n) is 3.11. The number of urea groups is 1. The Balaban J connectivity index is 2.05. The van der Waals surface area contributed by atoms with E-state index in [0.717, 1.165) is 11.1 Å². The molecule has 0 aliphatic carbocycles. The zero-order valence-electron chi connectivity index (χ0n) is 19.1. The Bertz CT molecular complexity index is 1090. The van der Waals surface area contributed by atoms with E-state index >= 15 is 0 Å². The van der Waals surface area contributed by atoms with E-state index in [4.69, 9.17) is 20.0 Å². The fourth-order valence-corrected chi connectivity index (χ4v) is 3.11. The molecule has 0 radical (unpaired) electrons. The Morgan fingerprint density at radius 3 is 2.45 bits per heavy atom. The number of hydrogen-bond acceptors (Lipinski definition) is 6. The molecule has 3 amide bonds. The molecule has 3 N–H and O–H groups in total. The van der Waals surface area contributed by atoms with Crippen LogP contribution in [0, 0.1) is 29.6 Å². The number of anilines is 2. The molecule has 33 heavy (non-hydrogen) atoms. The average molecular weight is 450 g/mol. The zero-order valence-corrected chi connectivity index (χ0v) is 19.1. The molecule has 9 nitrogen and oxygen atoms in total. The molecule has 2 aromatic carbocycles. The third-order valence-corrected chi connectivity index (χ3v) is 4.82. The van der Waals surface area contributed by atoms with E-state index in [9.17, 15) is 9.59 Å². The number of hydrogen-bond donors (Lipinski definition) is 3. The van der Waals surface area contributed by atoms with Crippen molar-refractivity contribution in [1.29, 1.82) is 10.5 Å². The first-order chi connectivity index (χ1) is 15.8. The maximum absolute atomic E-state index is 12.5. The second-order valence-corrected chi connectivity index (χ2v) is 7.40. The first kappa shape index (κ1) is 25.0. The van der Waals surface area contributed by atoms with Crippen molar-refractivity contribution in [3.63, 3.8) is 0 Å². The van der Waals surface area contributed by atoms with Gasteiger partial charge in [-0.3, -0.25) is 0 Å². The molecular formula is C24H27N5O4. The number of amides is 3. The molecule has 0 bridgehead atoms. The average Bonchev–Trinajstić information content (AvgIpc) is 2.78. The van der Waals surface area contributed by atoms with E-state index in [1.54, 1.807) is 37.3 Å². The molecule has 9 heteroatoms. The number of alkyl carbamates (subject to hydrolysis) is 1. The third kappa shape index (κ3) is 7.44. The van der Waals surface area contributed by atoms with Gasteiger partial charge in [-0.05, 0) is 55.7 Å². The standard InChI is InChI=1S/C24H27N5O4/c1-5-21(8-9-25)33-24(31)27-16(3)18-10-15(2)11-20(12-18)29-23(30)28-19-7-6-17(14-26)22(13-19)32-4/h6-7,10-13,16,21H,5,8H2,1-4H3,(H,27,31)(H2,28,29,30)/t16-,21+/m0/s1. The van der Waals surface area contributed by atoms with Crippen molar-refractivity contribution < 1.29 is 19.1 Å². The number of methoxy groups -OCH3 is 1. The Hall–Kier alpha value is -4.24. The molecule has 172 valence electrons. The van der Waals surface area contributed by atoms with Gasteiger partial charge in [0.05, 0.1) is 31.2 Å². The zero-order chi connectivity index (χ0) is 24.4. The van der Waals surface area contributed by atoms with E-state index in [-0.39, 0.29) is 12.5 Å². The molecule has 0 aliphatic heterocycles. The van der Waals surface area contributed by atoms with Crippen LogP contribution in [-0.2, 0) is 4.74 Å². The predicted octanol–water partition coefficient (Wildman–Crippen LogP) is 5.00. The minimum absolute atomic E-state index is 0.136. The summed E-state index contributed by atoms with van der Waals surface area (Å²) in [5.41, 5.74) is 3.04. The fraction of sp³-hybridized carbons (Fsp3) is 0.333. The van der Waals surface area contributed by atoms with Crippen molar-refractivity contribution >= 4 is 23.5 Å². The summed E-state index contributed by atoms with van der Waals surface area (Å²) >= 11 is 0. The van der Waals surface area contributed by atoms with Gasteiger partial charge >= 0.3 is 12.1 Å². The lowest BCUT2D eigenvalue weighted by molar-refractivity contribution is 0.0950. The maximum Gasteiger partial charge on any atom is 0.407 e. The van der Waals surface area contributed by atoms with E-state index < -0.39 is 18.2 Å². The van der Waals surface area contributed by atoms with Crippen LogP contribution in [0.4, 0.5) is 21.0 Å². The van der Waals surface area contributed by atoms with Crippen LogP contribution in [0.3, 0.4) is 0 Å². The number of nitriles is 2. The number of carbonyl (C=O) groups is 2. The van der Waals surface area contributed by atoms with Crippen molar-refractivity contribution in [3.05, 3.63) is 53.1 Å². The van der Waals surface area contributed by atoms with E-state index in [2.05, 4.69) is 16.0 Å². The minimum Gasteiger partial charge on any atom is -0.495 e. The lowest BCUT2D eigenvalue weighted by Gasteiger charge is -2.19. The highest BCUT2D eigenvalue weighted by Crippen LogP contribution is 2.24. The highest BCUT2D eigenvalue weighted by atomic mass is 16.6. The smallest absolute Gasteiger partial charge is 0.407 e. The van der Waals surface area contributed by atoms with Crippen LogP contribution in [0.5, 0.6) is 5.75 Å². The van der Waals surface area contributed by atoms with Crippen LogP contribution in [0.2, 0.25) is 0 Å². The number of aryl methyl sites for hydroxylation is 1. The molecule has 0 aromatic heterocycles. The van der Waals surface area contributed by atoms with Gasteiger partial charge in [-0.2, -0.15) is 10.5 Å². The van der Waals surface area contributed by atoms with Gasteiger partial charge in [-0.25, -0.2) is 9.59 Å². The second kappa shape index (κ2) is 12.0. The monoisotopic (exact) mass is 449 g/mol. The van der Waals surface area contributed by atoms with Gasteiger partial charge in [-0.15, -0.1) is 0 Å². The molecule has 0 fully saturated rings. The summed E-state index contributed by atoms with van der Waals surface area (Å²) in [6.07, 6.45) is -0.375. The number of carbonyl (C=O) groups excluding carboxylic acids is 2. The number of nitrogens with zero attached hydrogens (tertiary/aromatic N) is 2. The van der Waals surface area contributed by atoms with Crippen molar-refractivity contribution in [2.45, 2.75) is 45.8 Å². The van der Waals surface area contributed by atoms with Gasteiger partial charge in [0, 0.05) is 17.4 Å². The Kier molecular flexibility index (Phi) is 9.07. The van der Waals surface area contributed by atoms with Gasteiger partial charge in [-0.1, -0.05) is 13.0 Å². The van der Waals surface area contributed by atoms with Crippen molar-refractivity contribution in [2.24, 2.45) is 0 Å². The second-order valence-electron chi connectivity index (χ2n) is 7.40. The number of rotatable bonds is 8. The first-order valence-electron chi connectivity index (χ1n) is 10.4. The van der Waals surface area contributed by atoms with Crippen LogP contribution >= 0.6 is 0 Å². The molecular weight excluding hydrogens is 422 g/mol. The summed E-state index contributed by atoms with van der Waals surface area (Å²) in [6.45, 7) is 5.52. The van der Waals surface area contributed by atoms with Crippen LogP contribution < -0.4 is 20.7 Å². The summed E-state index contributed by atoms with van der Waals surface area (Å²) in [6, 6.07) is 13.3. The first-order valence-corrected chi connectivity index (χ1v) is 10.4. The summed E-state index contributed by atoms with van der Waals surface area (Å²) in [7, 11) is 1.45. The Morgan fingerprint density at radius 2 is 1.82 bits per heavy atom. The van der Waals surface area contributed by atoms with Crippen molar-refractivity contribution in [2.75, 3.05) is 17.7 Å². The van der Waals surface area contributed by atoms with Gasteiger partial charge in [0.15, 0.2) is 0 Å². The van der Waals surface area contributed by atoms with Crippen LogP contribution in [0.1, 0.15) is 49.4 Å². The molecule has 0 saturated heterocycles. The van der Waals surface area contributed by atoms with Crippen LogP contribution in [-0.4, -0.2) is 25.3 Å². The molecule has 2 aromatic rings. The SMILES string of the molecule is CC[C@H](CC#N)OC(=O)N[C@@H](C)c1cc(C)cc(NC(=O)Nc2ccc(C#N)c(OC)c2)c1. The Morgan fingerprint density at radius 1 is 1.09 bits per heavy atom. The van der Waals surface area contributed by atoms with Crippen molar-refractivity contribution in [1.82, 2.24) is 5.32 Å². The molecule has 0 unspecified atom stereocenters. The normalized spacial score (nSPS) is 11.8. The highest BCUT2D eigenvalue weighted by Gasteiger charge is 2.16. The maximum atomic E-state index is 12.5. The van der Waals surface area contributed by atoms with Crippen LogP contribution in [0.15, 0.2) is 36.4 Å². The molecule has 0 saturated carbocycles. The molecule has 0 heterocycles. The van der Waals surface area contributed by atoms with Gasteiger partial charge in [0.2, 0.25) is 0 Å². The van der Waals surface area contributed by atoms with Gasteiger partial charge < -0.3 is 25.4 Å². The van der Waals surface area contributed by atoms with Gasteiger partial charge in [0.1, 0.15) is 17.9 Å². The summed E-state index contributed by atoms with van der Waals surface area (Å²) in [4.78, 5) is 24.6. The summed E-state index contributed by atoms with van der Waals surface area (Å²) in [5.74, 6) is 0.361. The third-order valence-electron chi connectivity index (χ3n) is 4.82. The van der Waals surface area contributed by atoms with Crippen molar-refractivity contribution in [3.8, 4) is 17.9 Å².